The molecule has 2 N–H and O–H groups in total. The minimum atomic E-state index is -0.694. The van der Waals surface area contributed by atoms with Gasteiger partial charge in [0, 0.05) is 6.42 Å². The normalized spacial score (nSPS) is 12.2. The van der Waals surface area contributed by atoms with Gasteiger partial charge in [0.2, 0.25) is 0 Å². The number of carbonyl (C=O) groups is 2. The van der Waals surface area contributed by atoms with E-state index in [9.17, 15) is 14.7 Å². The van der Waals surface area contributed by atoms with Gasteiger partial charge in [0.15, 0.2) is 0 Å². The van der Waals surface area contributed by atoms with Crippen LogP contribution >= 0.6 is 0 Å². The molecule has 0 spiro atoms. The van der Waals surface area contributed by atoms with Crippen molar-refractivity contribution >= 4 is 11.9 Å². The van der Waals surface area contributed by atoms with Crippen LogP contribution < -0.4 is 0 Å². The monoisotopic (exact) mass is 342 g/mol. The highest BCUT2D eigenvalue weighted by Gasteiger charge is 2.16. The molecule has 24 heavy (non-hydrogen) atoms. The molecule has 0 amide bonds. The standard InChI is InChI=1S/C20H38O4/c1-2-3-4-12-15-18(20(23)24)16-13-10-8-6-5-7-9-11-14-17-19(21)22/h18H,2-17H2,1H3,(H,21,22)(H,23,24). The van der Waals surface area contributed by atoms with Gasteiger partial charge in [-0.2, -0.15) is 0 Å². The number of hydrogen-bond donors (Lipinski definition) is 2. The Morgan fingerprint density at radius 1 is 0.667 bits per heavy atom. The Morgan fingerprint density at radius 2 is 1.08 bits per heavy atom. The Bertz CT molecular complexity index is 315. The third kappa shape index (κ3) is 15.8. The lowest BCUT2D eigenvalue weighted by Gasteiger charge is -2.12. The molecule has 0 rings (SSSR count). The predicted molar refractivity (Wildman–Crippen MR) is 98.3 cm³/mol. The molecule has 0 aromatic heterocycles. The van der Waals surface area contributed by atoms with Crippen LogP contribution in [0.4, 0.5) is 0 Å². The van der Waals surface area contributed by atoms with Gasteiger partial charge in [-0.15, -0.1) is 0 Å². The van der Waals surface area contributed by atoms with Gasteiger partial charge in [-0.3, -0.25) is 9.59 Å². The first-order valence-electron chi connectivity index (χ1n) is 10.0. The van der Waals surface area contributed by atoms with Gasteiger partial charge in [-0.05, 0) is 19.3 Å². The smallest absolute Gasteiger partial charge is 0.306 e. The minimum Gasteiger partial charge on any atom is -0.481 e. The fourth-order valence-electron chi connectivity index (χ4n) is 3.11. The lowest BCUT2D eigenvalue weighted by atomic mass is 9.94. The van der Waals surface area contributed by atoms with Crippen molar-refractivity contribution in [1.29, 1.82) is 0 Å². The summed E-state index contributed by atoms with van der Waals surface area (Å²) >= 11 is 0. The topological polar surface area (TPSA) is 74.6 Å². The Hall–Kier alpha value is -1.06. The van der Waals surface area contributed by atoms with E-state index in [1.807, 2.05) is 0 Å². The average Bonchev–Trinajstić information content (AvgIpc) is 2.53. The SMILES string of the molecule is CCCCCCC(CCCCCCCCCCCC(=O)O)C(=O)O. The van der Waals surface area contributed by atoms with Gasteiger partial charge in [0.25, 0.3) is 0 Å². The number of aliphatic carboxylic acids is 2. The van der Waals surface area contributed by atoms with Crippen LogP contribution in [0, 0.1) is 5.92 Å². The number of carboxylic acids is 2. The molecule has 4 heteroatoms. The minimum absolute atomic E-state index is 0.143. The van der Waals surface area contributed by atoms with Crippen molar-refractivity contribution in [3.63, 3.8) is 0 Å². The van der Waals surface area contributed by atoms with Gasteiger partial charge < -0.3 is 10.2 Å². The van der Waals surface area contributed by atoms with Crippen LogP contribution in [0.2, 0.25) is 0 Å². The number of carboxylic acid groups (broad SMARTS) is 2. The summed E-state index contributed by atoms with van der Waals surface area (Å²) < 4.78 is 0. The van der Waals surface area contributed by atoms with Crippen LogP contribution in [0.15, 0.2) is 0 Å². The third-order valence-corrected chi connectivity index (χ3v) is 4.70. The summed E-state index contributed by atoms with van der Waals surface area (Å²) in [6.07, 6.45) is 16.5. The maximum atomic E-state index is 11.3. The Labute approximate surface area is 148 Å². The fourth-order valence-corrected chi connectivity index (χ4v) is 3.11. The molecular formula is C20H38O4. The van der Waals surface area contributed by atoms with E-state index in [1.54, 1.807) is 0 Å². The van der Waals surface area contributed by atoms with Gasteiger partial charge in [-0.1, -0.05) is 84.0 Å². The second-order valence-corrected chi connectivity index (χ2v) is 7.00. The molecule has 0 saturated heterocycles. The van der Waals surface area contributed by atoms with Gasteiger partial charge >= 0.3 is 11.9 Å². The molecule has 142 valence electrons. The zero-order chi connectivity index (χ0) is 18.0. The van der Waals surface area contributed by atoms with Crippen LogP contribution in [0.3, 0.4) is 0 Å². The summed E-state index contributed by atoms with van der Waals surface area (Å²) in [5.74, 6) is -1.45. The summed E-state index contributed by atoms with van der Waals surface area (Å²) in [6.45, 7) is 2.17. The Morgan fingerprint density at radius 3 is 1.50 bits per heavy atom. The van der Waals surface area contributed by atoms with E-state index < -0.39 is 11.9 Å². The molecule has 0 fully saturated rings. The quantitative estimate of drug-likeness (QED) is 0.298. The fraction of sp³-hybridized carbons (Fsp3) is 0.900. The van der Waals surface area contributed by atoms with E-state index in [1.165, 1.54) is 38.5 Å². The predicted octanol–water partition coefficient (Wildman–Crippen LogP) is 6.03. The summed E-state index contributed by atoms with van der Waals surface area (Å²) in [5, 5.41) is 17.8. The van der Waals surface area contributed by atoms with Crippen LogP contribution in [-0.4, -0.2) is 22.2 Å². The van der Waals surface area contributed by atoms with Crippen molar-refractivity contribution in [1.82, 2.24) is 0 Å². The first-order valence-corrected chi connectivity index (χ1v) is 10.0. The average molecular weight is 343 g/mol. The second kappa shape index (κ2) is 16.8. The summed E-state index contributed by atoms with van der Waals surface area (Å²) in [5.41, 5.74) is 0. The lowest BCUT2D eigenvalue weighted by Crippen LogP contribution is -2.13. The highest BCUT2D eigenvalue weighted by atomic mass is 16.4. The summed E-state index contributed by atoms with van der Waals surface area (Å²) in [4.78, 5) is 21.6. The van der Waals surface area contributed by atoms with E-state index in [2.05, 4.69) is 6.92 Å². The number of hydrogen-bond acceptors (Lipinski definition) is 2. The Kier molecular flexibility index (Phi) is 16.0. The molecule has 0 bridgehead atoms. The molecule has 0 radical (unpaired) electrons. The molecule has 0 saturated carbocycles. The maximum Gasteiger partial charge on any atom is 0.306 e. The molecule has 0 aliphatic carbocycles. The van der Waals surface area contributed by atoms with Crippen molar-refractivity contribution < 1.29 is 19.8 Å². The highest BCUT2D eigenvalue weighted by Crippen LogP contribution is 2.19. The van der Waals surface area contributed by atoms with Crippen LogP contribution in [-0.2, 0) is 9.59 Å². The van der Waals surface area contributed by atoms with Gasteiger partial charge in [0.05, 0.1) is 5.92 Å². The molecule has 0 aliphatic rings. The van der Waals surface area contributed by atoms with E-state index in [0.29, 0.717) is 6.42 Å². The van der Waals surface area contributed by atoms with Crippen LogP contribution in [0.1, 0.15) is 110 Å². The second-order valence-electron chi connectivity index (χ2n) is 7.00. The zero-order valence-corrected chi connectivity index (χ0v) is 15.6. The van der Waals surface area contributed by atoms with E-state index in [0.717, 1.165) is 57.8 Å². The maximum absolute atomic E-state index is 11.3. The van der Waals surface area contributed by atoms with Crippen LogP contribution in [0.5, 0.6) is 0 Å². The van der Waals surface area contributed by atoms with E-state index in [-0.39, 0.29) is 5.92 Å². The van der Waals surface area contributed by atoms with Gasteiger partial charge in [0.1, 0.15) is 0 Å². The van der Waals surface area contributed by atoms with E-state index in [4.69, 9.17) is 5.11 Å². The molecule has 0 aromatic carbocycles. The first-order chi connectivity index (χ1) is 11.6. The third-order valence-electron chi connectivity index (χ3n) is 4.70. The zero-order valence-electron chi connectivity index (χ0n) is 15.6. The summed E-state index contributed by atoms with van der Waals surface area (Å²) in [6, 6.07) is 0. The molecular weight excluding hydrogens is 304 g/mol. The van der Waals surface area contributed by atoms with Crippen molar-refractivity contribution in [3.05, 3.63) is 0 Å². The molecule has 0 heterocycles. The van der Waals surface area contributed by atoms with E-state index >= 15 is 0 Å². The van der Waals surface area contributed by atoms with Crippen molar-refractivity contribution in [2.75, 3.05) is 0 Å². The van der Waals surface area contributed by atoms with Crippen molar-refractivity contribution in [3.8, 4) is 0 Å². The highest BCUT2D eigenvalue weighted by molar-refractivity contribution is 5.69. The van der Waals surface area contributed by atoms with Crippen LogP contribution in [0.25, 0.3) is 0 Å². The van der Waals surface area contributed by atoms with Gasteiger partial charge in [-0.25, -0.2) is 0 Å². The summed E-state index contributed by atoms with van der Waals surface area (Å²) in [7, 11) is 0. The first kappa shape index (κ1) is 22.9. The number of unbranched alkanes of at least 4 members (excludes halogenated alkanes) is 11. The molecule has 0 aliphatic heterocycles. The van der Waals surface area contributed by atoms with Crippen molar-refractivity contribution in [2.45, 2.75) is 110 Å². The molecule has 0 aromatic rings. The molecule has 4 nitrogen and oxygen atoms in total. The largest absolute Gasteiger partial charge is 0.481 e. The molecule has 1 atom stereocenters. The van der Waals surface area contributed by atoms with Crippen molar-refractivity contribution in [2.24, 2.45) is 5.92 Å². The Balaban J connectivity index is 3.42. The molecule has 1 unspecified atom stereocenters. The number of rotatable bonds is 18. The lowest BCUT2D eigenvalue weighted by molar-refractivity contribution is -0.142.